The van der Waals surface area contributed by atoms with E-state index in [1.807, 2.05) is 26.0 Å². The minimum Gasteiger partial charge on any atom is -0.493 e. The molecular formula is C19H27NO3. The van der Waals surface area contributed by atoms with Crippen molar-refractivity contribution >= 4 is 0 Å². The zero-order chi connectivity index (χ0) is 16.6. The molecule has 1 fully saturated rings. The van der Waals surface area contributed by atoms with Crippen LogP contribution in [-0.4, -0.2) is 49.0 Å². The fourth-order valence-electron chi connectivity index (χ4n) is 3.99. The molecule has 0 saturated carbocycles. The molecule has 0 bridgehead atoms. The molecule has 126 valence electrons. The Balaban J connectivity index is 2.01. The first-order chi connectivity index (χ1) is 11.0. The van der Waals surface area contributed by atoms with E-state index in [0.29, 0.717) is 6.04 Å². The maximum absolute atomic E-state index is 10.0. The van der Waals surface area contributed by atoms with E-state index in [2.05, 4.69) is 30.2 Å². The third kappa shape index (κ3) is 2.86. The van der Waals surface area contributed by atoms with Crippen LogP contribution in [0.2, 0.25) is 0 Å². The van der Waals surface area contributed by atoms with Crippen LogP contribution in [0.15, 0.2) is 30.4 Å². The van der Waals surface area contributed by atoms with Crippen molar-refractivity contribution in [2.45, 2.75) is 50.4 Å². The highest BCUT2D eigenvalue weighted by Crippen LogP contribution is 2.47. The molecule has 0 unspecified atom stereocenters. The second-order valence-electron chi connectivity index (χ2n) is 6.98. The molecule has 1 aromatic rings. The van der Waals surface area contributed by atoms with Gasteiger partial charge in [0.05, 0.1) is 19.3 Å². The lowest BCUT2D eigenvalue weighted by Crippen LogP contribution is -2.44. The molecule has 4 heteroatoms. The van der Waals surface area contributed by atoms with Gasteiger partial charge in [0, 0.05) is 11.5 Å². The number of fused-ring (bicyclic) bond motifs is 1. The summed E-state index contributed by atoms with van der Waals surface area (Å²) in [5.41, 5.74) is 1.19. The normalized spacial score (nSPS) is 30.5. The maximum Gasteiger partial charge on any atom is 0.161 e. The largest absolute Gasteiger partial charge is 0.493 e. The molecule has 23 heavy (non-hydrogen) atoms. The van der Waals surface area contributed by atoms with Crippen molar-refractivity contribution in [2.75, 3.05) is 20.7 Å². The molecule has 1 aromatic carbocycles. The maximum atomic E-state index is 10.0. The van der Waals surface area contributed by atoms with Crippen LogP contribution >= 0.6 is 0 Å². The van der Waals surface area contributed by atoms with Gasteiger partial charge in [-0.2, -0.15) is 0 Å². The van der Waals surface area contributed by atoms with E-state index >= 15 is 0 Å². The Morgan fingerprint density at radius 1 is 1.30 bits per heavy atom. The first-order valence-corrected chi connectivity index (χ1v) is 8.39. The summed E-state index contributed by atoms with van der Waals surface area (Å²) in [7, 11) is 3.83. The average molecular weight is 317 g/mol. The van der Waals surface area contributed by atoms with E-state index in [0.717, 1.165) is 30.9 Å². The van der Waals surface area contributed by atoms with Gasteiger partial charge in [0.2, 0.25) is 0 Å². The van der Waals surface area contributed by atoms with Crippen LogP contribution in [0, 0.1) is 0 Å². The van der Waals surface area contributed by atoms with Gasteiger partial charge in [0.1, 0.15) is 0 Å². The topological polar surface area (TPSA) is 41.9 Å². The lowest BCUT2D eigenvalue weighted by molar-refractivity contribution is 0.137. The summed E-state index contributed by atoms with van der Waals surface area (Å²) in [6.07, 6.45) is 5.75. The Hall–Kier alpha value is -1.52. The van der Waals surface area contributed by atoms with Crippen molar-refractivity contribution in [3.63, 3.8) is 0 Å². The Bertz CT molecular complexity index is 598. The molecule has 3 atom stereocenters. The highest BCUT2D eigenvalue weighted by Gasteiger charge is 2.48. The van der Waals surface area contributed by atoms with Crippen molar-refractivity contribution in [1.82, 2.24) is 4.90 Å². The van der Waals surface area contributed by atoms with E-state index in [1.165, 1.54) is 5.56 Å². The van der Waals surface area contributed by atoms with E-state index in [4.69, 9.17) is 9.47 Å². The molecule has 3 rings (SSSR count). The van der Waals surface area contributed by atoms with Gasteiger partial charge in [-0.3, -0.25) is 0 Å². The molecule has 1 aliphatic carbocycles. The first-order valence-electron chi connectivity index (χ1n) is 8.39. The van der Waals surface area contributed by atoms with E-state index in [-0.39, 0.29) is 17.6 Å². The predicted molar refractivity (Wildman–Crippen MR) is 91.2 cm³/mol. The van der Waals surface area contributed by atoms with Crippen molar-refractivity contribution in [3.8, 4) is 11.5 Å². The lowest BCUT2D eigenvalue weighted by atomic mass is 9.69. The molecule has 4 nitrogen and oxygen atoms in total. The average Bonchev–Trinajstić information content (AvgIpc) is 2.85. The minimum atomic E-state index is -0.348. The highest BCUT2D eigenvalue weighted by atomic mass is 16.5. The Morgan fingerprint density at radius 3 is 2.78 bits per heavy atom. The van der Waals surface area contributed by atoms with Crippen molar-refractivity contribution < 1.29 is 14.6 Å². The molecule has 0 aromatic heterocycles. The molecule has 2 aliphatic rings. The summed E-state index contributed by atoms with van der Waals surface area (Å²) in [6.45, 7) is 5.06. The number of aliphatic hydroxyl groups is 1. The van der Waals surface area contributed by atoms with E-state index in [9.17, 15) is 5.11 Å². The van der Waals surface area contributed by atoms with Gasteiger partial charge in [0.25, 0.3) is 0 Å². The standard InChI is InChI=1S/C19H27NO3/c1-13(2)23-16-6-5-14(11-17(16)22-4)19-8-7-15(21)12-18(19)20(3)10-9-19/h5-8,11,13,15,18,21H,9-10,12H2,1-4H3/t15-,18-,19-/m0/s1. The monoisotopic (exact) mass is 317 g/mol. The van der Waals surface area contributed by atoms with Gasteiger partial charge in [-0.15, -0.1) is 0 Å². The number of hydrogen-bond acceptors (Lipinski definition) is 4. The van der Waals surface area contributed by atoms with E-state index < -0.39 is 0 Å². The fourth-order valence-corrected chi connectivity index (χ4v) is 3.99. The molecule has 0 radical (unpaired) electrons. The van der Waals surface area contributed by atoms with Gasteiger partial charge < -0.3 is 19.5 Å². The summed E-state index contributed by atoms with van der Waals surface area (Å²) < 4.78 is 11.4. The number of aliphatic hydroxyl groups excluding tert-OH is 1. The van der Waals surface area contributed by atoms with E-state index in [1.54, 1.807) is 7.11 Å². The number of hydrogen-bond donors (Lipinski definition) is 1. The van der Waals surface area contributed by atoms with Crippen LogP contribution in [0.5, 0.6) is 11.5 Å². The molecule has 0 amide bonds. The second kappa shape index (κ2) is 6.17. The van der Waals surface area contributed by atoms with Crippen LogP contribution in [0.3, 0.4) is 0 Å². The van der Waals surface area contributed by atoms with Gasteiger partial charge in [-0.05, 0) is 58.0 Å². The summed E-state index contributed by atoms with van der Waals surface area (Å²) >= 11 is 0. The summed E-state index contributed by atoms with van der Waals surface area (Å²) in [4.78, 5) is 2.36. The lowest BCUT2D eigenvalue weighted by Gasteiger charge is -2.39. The Morgan fingerprint density at radius 2 is 2.09 bits per heavy atom. The van der Waals surface area contributed by atoms with Crippen LogP contribution in [0.4, 0.5) is 0 Å². The predicted octanol–water partition coefficient (Wildman–Crippen LogP) is 2.75. The number of likely N-dealkylation sites (tertiary alicyclic amines) is 1. The number of methoxy groups -OCH3 is 1. The summed E-state index contributed by atoms with van der Waals surface area (Å²) in [5, 5.41) is 10.0. The first kappa shape index (κ1) is 16.3. The third-order valence-electron chi connectivity index (χ3n) is 5.15. The second-order valence-corrected chi connectivity index (χ2v) is 6.98. The molecule has 1 N–H and O–H groups in total. The van der Waals surface area contributed by atoms with Gasteiger partial charge >= 0.3 is 0 Å². The smallest absolute Gasteiger partial charge is 0.161 e. The van der Waals surface area contributed by atoms with Crippen molar-refractivity contribution in [2.24, 2.45) is 0 Å². The Labute approximate surface area is 138 Å². The molecule has 1 aliphatic heterocycles. The number of benzene rings is 1. The molecule has 1 saturated heterocycles. The number of likely N-dealkylation sites (N-methyl/N-ethyl adjacent to an activating group) is 1. The fraction of sp³-hybridized carbons (Fsp3) is 0.579. The van der Waals surface area contributed by atoms with Crippen LogP contribution in [-0.2, 0) is 5.41 Å². The SMILES string of the molecule is COc1cc([C@@]23C=C[C@H](O)C[C@@H]2N(C)CC3)ccc1OC(C)C. The molecule has 0 spiro atoms. The highest BCUT2D eigenvalue weighted by molar-refractivity contribution is 5.48. The Kier molecular flexibility index (Phi) is 4.39. The molecule has 1 heterocycles. The molecular weight excluding hydrogens is 290 g/mol. The zero-order valence-corrected chi connectivity index (χ0v) is 14.5. The van der Waals surface area contributed by atoms with Gasteiger partial charge in [-0.25, -0.2) is 0 Å². The number of nitrogens with zero attached hydrogens (tertiary/aromatic N) is 1. The van der Waals surface area contributed by atoms with Gasteiger partial charge in [0.15, 0.2) is 11.5 Å². The summed E-state index contributed by atoms with van der Waals surface area (Å²) in [5.74, 6) is 1.56. The third-order valence-corrected chi connectivity index (χ3v) is 5.15. The number of rotatable bonds is 4. The minimum absolute atomic E-state index is 0.0440. The van der Waals surface area contributed by atoms with Crippen molar-refractivity contribution in [1.29, 1.82) is 0 Å². The number of ether oxygens (including phenoxy) is 2. The quantitative estimate of drug-likeness (QED) is 0.867. The van der Waals surface area contributed by atoms with Gasteiger partial charge in [-0.1, -0.05) is 18.2 Å². The van der Waals surface area contributed by atoms with Crippen molar-refractivity contribution in [3.05, 3.63) is 35.9 Å². The van der Waals surface area contributed by atoms with Crippen LogP contribution < -0.4 is 9.47 Å². The zero-order valence-electron chi connectivity index (χ0n) is 14.5. The van der Waals surface area contributed by atoms with Crippen LogP contribution in [0.1, 0.15) is 32.3 Å². The summed E-state index contributed by atoms with van der Waals surface area (Å²) in [6, 6.07) is 6.58. The van der Waals surface area contributed by atoms with Crippen LogP contribution in [0.25, 0.3) is 0 Å².